The molecule has 0 N–H and O–H groups in total. The molecule has 0 aromatic carbocycles. The number of hydrogen-bond donors (Lipinski definition) is 0. The number of fused-ring (bicyclic) bond motifs is 1. The van der Waals surface area contributed by atoms with Gasteiger partial charge >= 0.3 is 35.2 Å². The maximum atomic E-state index is 11.7. The van der Waals surface area contributed by atoms with Crippen LogP contribution >= 0.6 is 0 Å². The quantitative estimate of drug-likeness (QED) is 0.426. The van der Waals surface area contributed by atoms with Crippen molar-refractivity contribution in [2.75, 3.05) is 0 Å². The first-order chi connectivity index (χ1) is 6.95. The van der Waals surface area contributed by atoms with Crippen molar-refractivity contribution in [1.82, 2.24) is 18.7 Å². The van der Waals surface area contributed by atoms with Gasteiger partial charge in [0.1, 0.15) is 0 Å². The summed E-state index contributed by atoms with van der Waals surface area (Å²) in [5.74, 6) is 0. The zero-order chi connectivity index (χ0) is 11.3. The fourth-order valence-electron chi connectivity index (χ4n) is 1.50. The molecular weight excluding hydrogens is 223 g/mol. The molecule has 2 aromatic heterocycles. The zero-order valence-corrected chi connectivity index (χ0v) is 11.5. The minimum absolute atomic E-state index is 0. The van der Waals surface area contributed by atoms with E-state index in [9.17, 15) is 14.7 Å². The molecule has 2 aromatic rings. The van der Waals surface area contributed by atoms with Crippen LogP contribution in [0, 0.1) is 0 Å². The average Bonchev–Trinajstić information content (AvgIpc) is 2.50. The Labute approximate surface area is 112 Å². The van der Waals surface area contributed by atoms with Crippen LogP contribution in [0.5, 0.6) is 6.01 Å². The van der Waals surface area contributed by atoms with Crippen LogP contribution < -0.4 is 45.9 Å². The second-order valence-corrected chi connectivity index (χ2v) is 3.33. The Morgan fingerprint density at radius 3 is 2.19 bits per heavy atom. The van der Waals surface area contributed by atoms with Crippen molar-refractivity contribution < 1.29 is 34.7 Å². The van der Waals surface area contributed by atoms with E-state index in [1.807, 2.05) is 0 Å². The van der Waals surface area contributed by atoms with Crippen LogP contribution in [0.15, 0.2) is 9.59 Å². The molecule has 80 valence electrons. The van der Waals surface area contributed by atoms with Crippen LogP contribution in [0.1, 0.15) is 0 Å². The molecule has 0 amide bonds. The van der Waals surface area contributed by atoms with Crippen molar-refractivity contribution in [2.45, 2.75) is 0 Å². The van der Waals surface area contributed by atoms with Gasteiger partial charge in [-0.2, -0.15) is 0 Å². The Balaban J connectivity index is 0.00000128. The van der Waals surface area contributed by atoms with E-state index in [-0.39, 0.29) is 40.7 Å². The summed E-state index contributed by atoms with van der Waals surface area (Å²) in [7, 11) is 4.28. The van der Waals surface area contributed by atoms with Gasteiger partial charge in [0.15, 0.2) is 11.2 Å². The second-order valence-electron chi connectivity index (χ2n) is 3.33. The molecule has 2 heterocycles. The van der Waals surface area contributed by atoms with Crippen molar-refractivity contribution in [2.24, 2.45) is 21.1 Å². The molecule has 8 heteroatoms. The van der Waals surface area contributed by atoms with E-state index in [0.29, 0.717) is 0 Å². The predicted molar refractivity (Wildman–Crippen MR) is 50.6 cm³/mol. The van der Waals surface area contributed by atoms with Crippen molar-refractivity contribution in [3.63, 3.8) is 0 Å². The number of aromatic nitrogens is 4. The third-order valence-electron chi connectivity index (χ3n) is 2.43. The van der Waals surface area contributed by atoms with E-state index in [1.165, 1.54) is 25.7 Å². The SMILES string of the molecule is Cn1c(=O)c2c(nc([O-])n2C)n(C)c1=O.[Na+]. The van der Waals surface area contributed by atoms with Gasteiger partial charge in [0, 0.05) is 21.1 Å². The summed E-state index contributed by atoms with van der Waals surface area (Å²) < 4.78 is 3.26. The topological polar surface area (TPSA) is 84.9 Å². The van der Waals surface area contributed by atoms with Crippen molar-refractivity contribution in [3.8, 4) is 6.01 Å². The van der Waals surface area contributed by atoms with Gasteiger partial charge in [-0.15, -0.1) is 0 Å². The summed E-state index contributed by atoms with van der Waals surface area (Å²) in [6.45, 7) is 0. The van der Waals surface area contributed by atoms with E-state index in [0.717, 1.165) is 9.13 Å². The fourth-order valence-corrected chi connectivity index (χ4v) is 1.50. The van der Waals surface area contributed by atoms with Crippen LogP contribution in [0.3, 0.4) is 0 Å². The van der Waals surface area contributed by atoms with E-state index in [4.69, 9.17) is 0 Å². The second kappa shape index (κ2) is 4.08. The zero-order valence-electron chi connectivity index (χ0n) is 9.51. The van der Waals surface area contributed by atoms with Crippen LogP contribution in [0.2, 0.25) is 0 Å². The molecule has 0 fully saturated rings. The van der Waals surface area contributed by atoms with Gasteiger partial charge in [0.05, 0.1) is 6.01 Å². The molecule has 0 aliphatic rings. The third-order valence-corrected chi connectivity index (χ3v) is 2.43. The van der Waals surface area contributed by atoms with Gasteiger partial charge < -0.3 is 9.67 Å². The molecule has 0 saturated carbocycles. The molecule has 7 nitrogen and oxygen atoms in total. The first-order valence-electron chi connectivity index (χ1n) is 4.24. The first kappa shape index (κ1) is 13.0. The van der Waals surface area contributed by atoms with Gasteiger partial charge in [-0.1, -0.05) is 0 Å². The van der Waals surface area contributed by atoms with Crippen molar-refractivity contribution in [3.05, 3.63) is 20.8 Å². The monoisotopic (exact) mass is 232 g/mol. The molecule has 0 aliphatic carbocycles. The minimum Gasteiger partial charge on any atom is -0.846 e. The fraction of sp³-hybridized carbons (Fsp3) is 0.375. The molecular formula is C8H9N4NaO3. The van der Waals surface area contributed by atoms with Gasteiger partial charge in [0.2, 0.25) is 0 Å². The van der Waals surface area contributed by atoms with E-state index >= 15 is 0 Å². The third kappa shape index (κ3) is 1.51. The number of aryl methyl sites for hydroxylation is 2. The summed E-state index contributed by atoms with van der Waals surface area (Å²) in [6.07, 6.45) is 0. The smallest absolute Gasteiger partial charge is 0.846 e. The molecule has 0 bridgehead atoms. The number of rotatable bonds is 0. The number of nitrogens with zero attached hydrogens (tertiary/aromatic N) is 4. The Morgan fingerprint density at radius 2 is 1.62 bits per heavy atom. The molecule has 0 unspecified atom stereocenters. The van der Waals surface area contributed by atoms with Crippen molar-refractivity contribution in [1.29, 1.82) is 0 Å². The average molecular weight is 232 g/mol. The molecule has 16 heavy (non-hydrogen) atoms. The summed E-state index contributed by atoms with van der Waals surface area (Å²) in [4.78, 5) is 26.8. The van der Waals surface area contributed by atoms with Gasteiger partial charge in [0.25, 0.3) is 5.56 Å². The Kier molecular flexibility index (Phi) is 3.32. The molecule has 0 spiro atoms. The van der Waals surface area contributed by atoms with Crippen LogP contribution in [-0.2, 0) is 21.1 Å². The maximum absolute atomic E-state index is 11.7. The normalized spacial score (nSPS) is 10.4. The van der Waals surface area contributed by atoms with Gasteiger partial charge in [-0.3, -0.25) is 13.9 Å². The van der Waals surface area contributed by atoms with Crippen molar-refractivity contribution >= 4 is 11.2 Å². The van der Waals surface area contributed by atoms with Gasteiger partial charge in [-0.05, 0) is 0 Å². The van der Waals surface area contributed by atoms with Crippen LogP contribution in [0.4, 0.5) is 0 Å². The summed E-state index contributed by atoms with van der Waals surface area (Å²) >= 11 is 0. The van der Waals surface area contributed by atoms with E-state index < -0.39 is 17.3 Å². The standard InChI is InChI=1S/C8H10N4O3.Na/c1-10-4-5(9-7(10)14)11(2)8(15)12(3)6(4)13;/h1-3H3,(H,9,14);/q;+1/p-1. The molecule has 0 saturated heterocycles. The maximum Gasteiger partial charge on any atom is 1.00 e. The largest absolute Gasteiger partial charge is 1.00 e. The van der Waals surface area contributed by atoms with Crippen LogP contribution in [-0.4, -0.2) is 18.7 Å². The number of imidazole rings is 1. The minimum atomic E-state index is -0.539. The first-order valence-corrected chi connectivity index (χ1v) is 4.24. The predicted octanol–water partition coefficient (Wildman–Crippen LogP) is -4.95. The molecule has 2 rings (SSSR count). The summed E-state index contributed by atoms with van der Waals surface area (Å²) in [5.41, 5.74) is -0.740. The molecule has 0 atom stereocenters. The summed E-state index contributed by atoms with van der Waals surface area (Å²) in [6, 6.07) is -0.539. The molecule has 0 radical (unpaired) electrons. The van der Waals surface area contributed by atoms with Crippen LogP contribution in [0.25, 0.3) is 11.2 Å². The van der Waals surface area contributed by atoms with Gasteiger partial charge in [-0.25, -0.2) is 9.78 Å². The Bertz CT molecular complexity index is 666. The number of hydrogen-bond acceptors (Lipinski definition) is 4. The summed E-state index contributed by atoms with van der Waals surface area (Å²) in [5, 5.41) is 11.3. The van der Waals surface area contributed by atoms with E-state index in [1.54, 1.807) is 0 Å². The Hall–Kier alpha value is -1.05. The molecule has 0 aliphatic heterocycles. The Morgan fingerprint density at radius 1 is 1.06 bits per heavy atom. The van der Waals surface area contributed by atoms with E-state index in [2.05, 4.69) is 4.98 Å².